The van der Waals surface area contributed by atoms with E-state index in [4.69, 9.17) is 4.74 Å². The Labute approximate surface area is 160 Å². The normalized spacial score (nSPS) is 16.4. The van der Waals surface area contributed by atoms with Gasteiger partial charge in [0.05, 0.1) is 12.5 Å². The number of ether oxygens (including phenoxy) is 1. The van der Waals surface area contributed by atoms with Crippen LogP contribution >= 0.6 is 0 Å². The Morgan fingerprint density at radius 1 is 1.15 bits per heavy atom. The van der Waals surface area contributed by atoms with Gasteiger partial charge in [-0.3, -0.25) is 9.59 Å². The number of carbonyl (C=O) groups excluding carboxylic acids is 2. The molecule has 2 aromatic rings. The molecule has 0 saturated carbocycles. The summed E-state index contributed by atoms with van der Waals surface area (Å²) in [5.41, 5.74) is 1.99. The predicted octanol–water partition coefficient (Wildman–Crippen LogP) is 3.51. The fourth-order valence-electron chi connectivity index (χ4n) is 3.33. The van der Waals surface area contributed by atoms with Crippen molar-refractivity contribution < 1.29 is 14.3 Å². The Hall–Kier alpha value is -2.82. The Kier molecular flexibility index (Phi) is 6.47. The lowest BCUT2D eigenvalue weighted by Gasteiger charge is -2.16. The van der Waals surface area contributed by atoms with Crippen LogP contribution in [-0.2, 0) is 16.0 Å². The van der Waals surface area contributed by atoms with Gasteiger partial charge in [0.1, 0.15) is 5.75 Å². The van der Waals surface area contributed by atoms with Gasteiger partial charge in [-0.05, 0) is 49.6 Å². The van der Waals surface area contributed by atoms with Crippen LogP contribution in [0.25, 0.3) is 0 Å². The number of amides is 2. The molecular formula is C22H26N2O3. The zero-order chi connectivity index (χ0) is 19.1. The van der Waals surface area contributed by atoms with Gasteiger partial charge >= 0.3 is 0 Å². The van der Waals surface area contributed by atoms with Crippen LogP contribution in [0.5, 0.6) is 5.75 Å². The zero-order valence-electron chi connectivity index (χ0n) is 15.7. The third-order valence-electron chi connectivity index (χ3n) is 4.75. The molecule has 2 aromatic carbocycles. The van der Waals surface area contributed by atoms with Crippen molar-refractivity contribution in [2.24, 2.45) is 5.92 Å². The van der Waals surface area contributed by atoms with Crippen molar-refractivity contribution in [1.82, 2.24) is 4.90 Å². The van der Waals surface area contributed by atoms with Gasteiger partial charge in [-0.25, -0.2) is 0 Å². The van der Waals surface area contributed by atoms with Crippen molar-refractivity contribution in [3.8, 4) is 5.75 Å². The number of benzene rings is 2. The van der Waals surface area contributed by atoms with Crippen LogP contribution < -0.4 is 10.1 Å². The lowest BCUT2D eigenvalue weighted by Crippen LogP contribution is -2.29. The van der Waals surface area contributed by atoms with Gasteiger partial charge < -0.3 is 15.0 Å². The Balaban J connectivity index is 1.46. The largest absolute Gasteiger partial charge is 0.494 e. The SMILES string of the molecule is CCOc1ccc(NC(=O)C2CC(=O)N(CCCc3ccccc3)C2)cc1. The highest BCUT2D eigenvalue weighted by Gasteiger charge is 2.33. The molecule has 27 heavy (non-hydrogen) atoms. The molecule has 1 N–H and O–H groups in total. The highest BCUT2D eigenvalue weighted by molar-refractivity contribution is 5.97. The summed E-state index contributed by atoms with van der Waals surface area (Å²) < 4.78 is 5.40. The number of aryl methyl sites for hydroxylation is 1. The summed E-state index contributed by atoms with van der Waals surface area (Å²) in [5.74, 6) is 0.449. The Morgan fingerprint density at radius 3 is 2.59 bits per heavy atom. The monoisotopic (exact) mass is 366 g/mol. The average Bonchev–Trinajstić information content (AvgIpc) is 3.05. The summed E-state index contributed by atoms with van der Waals surface area (Å²) in [6.45, 7) is 3.73. The van der Waals surface area contributed by atoms with Crippen LogP contribution in [0, 0.1) is 5.92 Å². The van der Waals surface area contributed by atoms with E-state index in [2.05, 4.69) is 17.4 Å². The summed E-state index contributed by atoms with van der Waals surface area (Å²) in [6, 6.07) is 17.5. The lowest BCUT2D eigenvalue weighted by molar-refractivity contribution is -0.128. The van der Waals surface area contributed by atoms with Crippen molar-refractivity contribution in [3.05, 3.63) is 60.2 Å². The summed E-state index contributed by atoms with van der Waals surface area (Å²) in [4.78, 5) is 26.5. The van der Waals surface area contributed by atoms with Crippen LogP contribution in [-0.4, -0.2) is 36.4 Å². The summed E-state index contributed by atoms with van der Waals surface area (Å²) in [6.07, 6.45) is 2.13. The molecule has 0 aliphatic carbocycles. The van der Waals surface area contributed by atoms with E-state index in [1.54, 1.807) is 0 Å². The molecule has 5 nitrogen and oxygen atoms in total. The first-order valence-electron chi connectivity index (χ1n) is 9.51. The number of hydrogen-bond acceptors (Lipinski definition) is 3. The van der Waals surface area contributed by atoms with E-state index in [1.165, 1.54) is 5.56 Å². The van der Waals surface area contributed by atoms with E-state index in [0.29, 0.717) is 19.7 Å². The third-order valence-corrected chi connectivity index (χ3v) is 4.75. The number of anilines is 1. The smallest absolute Gasteiger partial charge is 0.229 e. The van der Waals surface area contributed by atoms with Crippen molar-refractivity contribution >= 4 is 17.5 Å². The van der Waals surface area contributed by atoms with Crippen LogP contribution in [0.3, 0.4) is 0 Å². The van der Waals surface area contributed by atoms with E-state index in [9.17, 15) is 9.59 Å². The second-order valence-electron chi connectivity index (χ2n) is 6.78. The maximum atomic E-state index is 12.5. The molecule has 2 amide bonds. The van der Waals surface area contributed by atoms with E-state index in [0.717, 1.165) is 24.3 Å². The second-order valence-corrected chi connectivity index (χ2v) is 6.78. The quantitative estimate of drug-likeness (QED) is 0.778. The lowest BCUT2D eigenvalue weighted by atomic mass is 10.1. The van der Waals surface area contributed by atoms with Gasteiger partial charge in [0, 0.05) is 25.2 Å². The first kappa shape index (κ1) is 19.0. The first-order chi connectivity index (χ1) is 13.2. The minimum absolute atomic E-state index is 0.0647. The number of hydrogen-bond donors (Lipinski definition) is 1. The average molecular weight is 366 g/mol. The van der Waals surface area contributed by atoms with Crippen molar-refractivity contribution in [1.29, 1.82) is 0 Å². The molecular weight excluding hydrogens is 340 g/mol. The number of carbonyl (C=O) groups is 2. The second kappa shape index (κ2) is 9.21. The maximum Gasteiger partial charge on any atom is 0.229 e. The molecule has 0 bridgehead atoms. The highest BCUT2D eigenvalue weighted by Crippen LogP contribution is 2.22. The van der Waals surface area contributed by atoms with Crippen molar-refractivity contribution in [2.45, 2.75) is 26.2 Å². The minimum atomic E-state index is -0.291. The summed E-state index contributed by atoms with van der Waals surface area (Å²) in [5, 5.41) is 2.90. The summed E-state index contributed by atoms with van der Waals surface area (Å²) in [7, 11) is 0. The van der Waals surface area contributed by atoms with E-state index in [1.807, 2.05) is 54.3 Å². The van der Waals surface area contributed by atoms with E-state index >= 15 is 0 Å². The first-order valence-corrected chi connectivity index (χ1v) is 9.51. The molecule has 1 aliphatic heterocycles. The molecule has 5 heteroatoms. The van der Waals surface area contributed by atoms with Crippen LogP contribution in [0.2, 0.25) is 0 Å². The van der Waals surface area contributed by atoms with Crippen LogP contribution in [0.4, 0.5) is 5.69 Å². The molecule has 142 valence electrons. The van der Waals surface area contributed by atoms with Gasteiger partial charge in [-0.2, -0.15) is 0 Å². The molecule has 3 rings (SSSR count). The van der Waals surface area contributed by atoms with Gasteiger partial charge in [0.2, 0.25) is 11.8 Å². The van der Waals surface area contributed by atoms with Gasteiger partial charge in [-0.1, -0.05) is 30.3 Å². The third kappa shape index (κ3) is 5.33. The molecule has 1 saturated heterocycles. The maximum absolute atomic E-state index is 12.5. The van der Waals surface area contributed by atoms with Gasteiger partial charge in [-0.15, -0.1) is 0 Å². The van der Waals surface area contributed by atoms with Gasteiger partial charge in [0.15, 0.2) is 0 Å². The number of rotatable bonds is 8. The van der Waals surface area contributed by atoms with Crippen molar-refractivity contribution in [3.63, 3.8) is 0 Å². The number of likely N-dealkylation sites (tertiary alicyclic amines) is 1. The zero-order valence-corrected chi connectivity index (χ0v) is 15.7. The Bertz CT molecular complexity index is 759. The molecule has 0 radical (unpaired) electrons. The van der Waals surface area contributed by atoms with Crippen molar-refractivity contribution in [2.75, 3.05) is 25.0 Å². The fraction of sp³-hybridized carbons (Fsp3) is 0.364. The van der Waals surface area contributed by atoms with Gasteiger partial charge in [0.25, 0.3) is 0 Å². The van der Waals surface area contributed by atoms with Crippen LogP contribution in [0.15, 0.2) is 54.6 Å². The molecule has 1 heterocycles. The standard InChI is InChI=1S/C22H26N2O3/c1-2-27-20-12-10-19(11-13-20)23-22(26)18-15-21(25)24(16-18)14-6-9-17-7-4-3-5-8-17/h3-5,7-8,10-13,18H,2,6,9,14-16H2,1H3,(H,23,26). The molecule has 1 unspecified atom stereocenters. The molecule has 0 spiro atoms. The highest BCUT2D eigenvalue weighted by atomic mass is 16.5. The van der Waals surface area contributed by atoms with E-state index in [-0.39, 0.29) is 24.2 Å². The van der Waals surface area contributed by atoms with E-state index < -0.39 is 0 Å². The number of nitrogens with one attached hydrogen (secondary N) is 1. The topological polar surface area (TPSA) is 58.6 Å². The molecule has 0 aromatic heterocycles. The minimum Gasteiger partial charge on any atom is -0.494 e. The molecule has 1 aliphatic rings. The predicted molar refractivity (Wildman–Crippen MR) is 106 cm³/mol. The fourth-order valence-corrected chi connectivity index (χ4v) is 3.33. The molecule has 1 atom stereocenters. The number of nitrogens with zero attached hydrogens (tertiary/aromatic N) is 1. The van der Waals surface area contributed by atoms with Crippen LogP contribution in [0.1, 0.15) is 25.3 Å². The Morgan fingerprint density at radius 2 is 1.89 bits per heavy atom. The molecule has 1 fully saturated rings. The summed E-state index contributed by atoms with van der Waals surface area (Å²) >= 11 is 0.